The summed E-state index contributed by atoms with van der Waals surface area (Å²) in [6.45, 7) is 2.10. The van der Waals surface area contributed by atoms with Crippen LogP contribution in [0.4, 0.5) is 0 Å². The molecule has 1 amide bonds. The summed E-state index contributed by atoms with van der Waals surface area (Å²) in [6, 6.07) is 2.15. The first-order valence-corrected chi connectivity index (χ1v) is 7.48. The van der Waals surface area contributed by atoms with Crippen molar-refractivity contribution in [3.8, 4) is 0 Å². The van der Waals surface area contributed by atoms with E-state index in [4.69, 9.17) is 11.5 Å². The second-order valence-corrected chi connectivity index (χ2v) is 6.58. The van der Waals surface area contributed by atoms with Gasteiger partial charge >= 0.3 is 0 Å². The van der Waals surface area contributed by atoms with E-state index in [1.807, 2.05) is 0 Å². The fourth-order valence-electron chi connectivity index (χ4n) is 3.27. The highest BCUT2D eigenvalue weighted by Gasteiger charge is 2.37. The summed E-state index contributed by atoms with van der Waals surface area (Å²) in [5.41, 5.74) is 13.1. The van der Waals surface area contributed by atoms with Crippen LogP contribution < -0.4 is 11.5 Å². The SMILES string of the molecule is Cc1ccsc1C(N)CC1(CC(N)=O)CCCC1. The van der Waals surface area contributed by atoms with Gasteiger partial charge in [-0.2, -0.15) is 0 Å². The zero-order valence-corrected chi connectivity index (χ0v) is 11.8. The van der Waals surface area contributed by atoms with Crippen molar-refractivity contribution in [2.45, 2.75) is 51.5 Å². The van der Waals surface area contributed by atoms with Crippen LogP contribution in [0.2, 0.25) is 0 Å². The lowest BCUT2D eigenvalue weighted by molar-refractivity contribution is -0.120. The Morgan fingerprint density at radius 1 is 1.50 bits per heavy atom. The van der Waals surface area contributed by atoms with E-state index in [0.717, 1.165) is 19.3 Å². The molecular formula is C14H22N2OS. The van der Waals surface area contributed by atoms with Crippen LogP contribution in [0.15, 0.2) is 11.4 Å². The minimum atomic E-state index is -0.188. The predicted octanol–water partition coefficient (Wildman–Crippen LogP) is 2.88. The summed E-state index contributed by atoms with van der Waals surface area (Å²) in [5.74, 6) is -0.188. The van der Waals surface area contributed by atoms with Gasteiger partial charge in [-0.05, 0) is 48.6 Å². The van der Waals surface area contributed by atoms with E-state index in [0.29, 0.717) is 6.42 Å². The monoisotopic (exact) mass is 266 g/mol. The van der Waals surface area contributed by atoms with Crippen LogP contribution in [-0.4, -0.2) is 5.91 Å². The fraction of sp³-hybridized carbons (Fsp3) is 0.643. The summed E-state index contributed by atoms with van der Waals surface area (Å²) < 4.78 is 0. The maximum atomic E-state index is 11.3. The van der Waals surface area contributed by atoms with Crippen LogP contribution in [0.1, 0.15) is 55.0 Å². The molecule has 1 aromatic rings. The lowest BCUT2D eigenvalue weighted by Crippen LogP contribution is -2.29. The van der Waals surface area contributed by atoms with Crippen molar-refractivity contribution in [3.05, 3.63) is 21.9 Å². The van der Waals surface area contributed by atoms with Crippen LogP contribution >= 0.6 is 11.3 Å². The average molecular weight is 266 g/mol. The second-order valence-electron chi connectivity index (χ2n) is 5.63. The quantitative estimate of drug-likeness (QED) is 0.860. The van der Waals surface area contributed by atoms with Crippen LogP contribution in [0, 0.1) is 12.3 Å². The molecule has 0 aliphatic heterocycles. The number of hydrogen-bond acceptors (Lipinski definition) is 3. The first-order valence-electron chi connectivity index (χ1n) is 6.60. The Balaban J connectivity index is 2.10. The van der Waals surface area contributed by atoms with E-state index in [-0.39, 0.29) is 17.4 Å². The molecule has 2 rings (SSSR count). The Labute approximate surface area is 113 Å². The van der Waals surface area contributed by atoms with E-state index in [1.54, 1.807) is 11.3 Å². The maximum Gasteiger partial charge on any atom is 0.217 e. The van der Waals surface area contributed by atoms with Crippen molar-refractivity contribution >= 4 is 17.2 Å². The van der Waals surface area contributed by atoms with Crippen molar-refractivity contribution in [2.24, 2.45) is 16.9 Å². The van der Waals surface area contributed by atoms with E-state index in [1.165, 1.54) is 23.3 Å². The van der Waals surface area contributed by atoms with Gasteiger partial charge in [-0.25, -0.2) is 0 Å². The molecular weight excluding hydrogens is 244 g/mol. The molecule has 1 fully saturated rings. The molecule has 0 aromatic carbocycles. The highest BCUT2D eigenvalue weighted by atomic mass is 32.1. The number of primary amides is 1. The predicted molar refractivity (Wildman–Crippen MR) is 75.3 cm³/mol. The van der Waals surface area contributed by atoms with Gasteiger partial charge in [0.05, 0.1) is 0 Å². The Hall–Kier alpha value is -0.870. The number of hydrogen-bond donors (Lipinski definition) is 2. The third-order valence-corrected chi connectivity index (χ3v) is 5.26. The molecule has 0 saturated heterocycles. The number of carbonyl (C=O) groups is 1. The minimum Gasteiger partial charge on any atom is -0.370 e. The number of aryl methyl sites for hydroxylation is 1. The second kappa shape index (κ2) is 5.41. The molecule has 100 valence electrons. The first kappa shape index (κ1) is 13.6. The normalized spacial score (nSPS) is 19.9. The smallest absolute Gasteiger partial charge is 0.217 e. The molecule has 1 atom stereocenters. The van der Waals surface area contributed by atoms with Gasteiger partial charge in [-0.15, -0.1) is 11.3 Å². The van der Waals surface area contributed by atoms with Crippen molar-refractivity contribution in [1.29, 1.82) is 0 Å². The van der Waals surface area contributed by atoms with Gasteiger partial charge in [0.25, 0.3) is 0 Å². The molecule has 1 saturated carbocycles. The highest BCUT2D eigenvalue weighted by molar-refractivity contribution is 7.10. The molecule has 1 heterocycles. The van der Waals surface area contributed by atoms with Crippen LogP contribution in [0.5, 0.6) is 0 Å². The highest BCUT2D eigenvalue weighted by Crippen LogP contribution is 2.47. The molecule has 0 radical (unpaired) electrons. The van der Waals surface area contributed by atoms with Gasteiger partial charge in [0.1, 0.15) is 0 Å². The van der Waals surface area contributed by atoms with Crippen LogP contribution in [0.3, 0.4) is 0 Å². The number of thiophene rings is 1. The van der Waals surface area contributed by atoms with E-state index >= 15 is 0 Å². The van der Waals surface area contributed by atoms with Crippen molar-refractivity contribution in [3.63, 3.8) is 0 Å². The Bertz CT molecular complexity index is 421. The van der Waals surface area contributed by atoms with Crippen molar-refractivity contribution in [1.82, 2.24) is 0 Å². The Kier molecular flexibility index (Phi) is 4.07. The van der Waals surface area contributed by atoms with E-state index < -0.39 is 0 Å². The average Bonchev–Trinajstić information content (AvgIpc) is 2.86. The Morgan fingerprint density at radius 2 is 2.17 bits per heavy atom. The lowest BCUT2D eigenvalue weighted by atomic mass is 9.76. The standard InChI is InChI=1S/C14H22N2OS/c1-10-4-7-18-13(10)11(15)8-14(9-12(16)17)5-2-3-6-14/h4,7,11H,2-3,5-6,8-9,15H2,1H3,(H2,16,17). The number of amides is 1. The lowest BCUT2D eigenvalue weighted by Gasteiger charge is -2.30. The Morgan fingerprint density at radius 3 is 2.67 bits per heavy atom. The van der Waals surface area contributed by atoms with Gasteiger partial charge < -0.3 is 11.5 Å². The van der Waals surface area contributed by atoms with Gasteiger partial charge in [0.2, 0.25) is 5.91 Å². The van der Waals surface area contributed by atoms with Crippen molar-refractivity contribution < 1.29 is 4.79 Å². The third-order valence-electron chi connectivity index (χ3n) is 4.10. The van der Waals surface area contributed by atoms with Gasteiger partial charge in [0, 0.05) is 17.3 Å². The summed E-state index contributed by atoms with van der Waals surface area (Å²) in [7, 11) is 0. The largest absolute Gasteiger partial charge is 0.370 e. The molecule has 0 spiro atoms. The number of nitrogens with two attached hydrogens (primary N) is 2. The van der Waals surface area contributed by atoms with E-state index in [9.17, 15) is 4.79 Å². The zero-order chi connectivity index (χ0) is 13.2. The molecule has 4 heteroatoms. The molecule has 18 heavy (non-hydrogen) atoms. The van der Waals surface area contributed by atoms with Crippen LogP contribution in [0.25, 0.3) is 0 Å². The molecule has 1 aliphatic carbocycles. The minimum absolute atomic E-state index is 0.0439. The third kappa shape index (κ3) is 2.93. The summed E-state index contributed by atoms with van der Waals surface area (Å²) in [5, 5.41) is 2.08. The summed E-state index contributed by atoms with van der Waals surface area (Å²) >= 11 is 1.72. The first-order chi connectivity index (χ1) is 8.52. The van der Waals surface area contributed by atoms with Crippen LogP contribution in [-0.2, 0) is 4.79 Å². The topological polar surface area (TPSA) is 69.1 Å². The molecule has 4 N–H and O–H groups in total. The van der Waals surface area contributed by atoms with Crippen molar-refractivity contribution in [2.75, 3.05) is 0 Å². The number of carbonyl (C=O) groups excluding carboxylic acids is 1. The summed E-state index contributed by atoms with van der Waals surface area (Å²) in [4.78, 5) is 12.5. The fourth-order valence-corrected chi connectivity index (χ4v) is 4.20. The molecule has 0 bridgehead atoms. The van der Waals surface area contributed by atoms with Gasteiger partial charge in [0.15, 0.2) is 0 Å². The zero-order valence-electron chi connectivity index (χ0n) is 10.9. The van der Waals surface area contributed by atoms with E-state index in [2.05, 4.69) is 18.4 Å². The molecule has 3 nitrogen and oxygen atoms in total. The molecule has 1 unspecified atom stereocenters. The number of rotatable bonds is 5. The summed E-state index contributed by atoms with van der Waals surface area (Å²) in [6.07, 6.45) is 5.96. The molecule has 1 aliphatic rings. The van der Waals surface area contributed by atoms with Gasteiger partial charge in [-0.3, -0.25) is 4.79 Å². The molecule has 1 aromatic heterocycles. The van der Waals surface area contributed by atoms with Gasteiger partial charge in [-0.1, -0.05) is 12.8 Å². The maximum absolute atomic E-state index is 11.3.